The topological polar surface area (TPSA) is 54.1 Å². The number of hydrogen-bond acceptors (Lipinski definition) is 4. The Morgan fingerprint density at radius 2 is 1.93 bits per heavy atom. The maximum Gasteiger partial charge on any atom is 0.123 e. The monoisotopic (exact) mass is 370 g/mol. The van der Waals surface area contributed by atoms with Crippen molar-refractivity contribution < 1.29 is 4.74 Å². The van der Waals surface area contributed by atoms with Crippen LogP contribution in [-0.4, -0.2) is 23.1 Å². The minimum atomic E-state index is 0.535. The Labute approximate surface area is 165 Å². The van der Waals surface area contributed by atoms with Gasteiger partial charge in [0.05, 0.1) is 35.8 Å². The maximum atomic E-state index is 9.03. The number of nitrogens with zero attached hydrogens (tertiary/aromatic N) is 4. The van der Waals surface area contributed by atoms with Crippen LogP contribution in [0.25, 0.3) is 11.3 Å². The summed E-state index contributed by atoms with van der Waals surface area (Å²) in [6, 6.07) is 20.2. The molecule has 1 aliphatic rings. The molecule has 0 bridgehead atoms. The molecule has 1 aliphatic heterocycles. The van der Waals surface area contributed by atoms with Gasteiger partial charge in [0, 0.05) is 17.0 Å². The van der Waals surface area contributed by atoms with Crippen LogP contribution in [0.5, 0.6) is 0 Å². The molecular formula is C23H22N4O. The van der Waals surface area contributed by atoms with E-state index < -0.39 is 0 Å². The number of benzene rings is 2. The number of hydrogen-bond donors (Lipinski definition) is 0. The molecule has 2 aromatic carbocycles. The predicted octanol–water partition coefficient (Wildman–Crippen LogP) is 4.53. The van der Waals surface area contributed by atoms with Crippen LogP contribution >= 0.6 is 0 Å². The Bertz CT molecular complexity index is 1060. The summed E-state index contributed by atoms with van der Waals surface area (Å²) in [5.74, 6) is 0. The second-order valence-corrected chi connectivity index (χ2v) is 6.78. The molecular weight excluding hydrogens is 348 g/mol. The van der Waals surface area contributed by atoms with Gasteiger partial charge in [-0.05, 0) is 61.4 Å². The third-order valence-corrected chi connectivity index (χ3v) is 5.13. The normalized spacial score (nSPS) is 14.2. The Kier molecular flexibility index (Phi) is 4.96. The third kappa shape index (κ3) is 3.30. The molecule has 0 spiro atoms. The van der Waals surface area contributed by atoms with E-state index in [1.165, 1.54) is 5.56 Å². The van der Waals surface area contributed by atoms with Crippen LogP contribution in [-0.2, 0) is 11.2 Å². The number of ether oxygens (including phenoxy) is 1. The van der Waals surface area contributed by atoms with E-state index >= 15 is 0 Å². The predicted molar refractivity (Wildman–Crippen MR) is 110 cm³/mol. The van der Waals surface area contributed by atoms with Gasteiger partial charge in [0.1, 0.15) is 6.73 Å². The zero-order chi connectivity index (χ0) is 19.5. The summed E-state index contributed by atoms with van der Waals surface area (Å²) in [6.07, 6.45) is 2.80. The summed E-state index contributed by atoms with van der Waals surface area (Å²) >= 11 is 0. The first kappa shape index (κ1) is 18.0. The zero-order valence-electron chi connectivity index (χ0n) is 16.1. The fourth-order valence-electron chi connectivity index (χ4n) is 3.49. The number of allylic oxidation sites excluding steroid dienone is 1. The third-order valence-electron chi connectivity index (χ3n) is 5.13. The SMILES string of the molecule is CCc1cccc(N2COCC(c3ccnn3-c3ccc(C#N)cc3)=C2C)c1. The summed E-state index contributed by atoms with van der Waals surface area (Å²) < 4.78 is 7.83. The van der Waals surface area contributed by atoms with Crippen LogP contribution in [0, 0.1) is 11.3 Å². The number of anilines is 1. The molecule has 5 heteroatoms. The summed E-state index contributed by atoms with van der Waals surface area (Å²) in [4.78, 5) is 2.20. The minimum absolute atomic E-state index is 0.535. The van der Waals surface area contributed by atoms with Crippen molar-refractivity contribution in [2.45, 2.75) is 20.3 Å². The lowest BCUT2D eigenvalue weighted by Crippen LogP contribution is -2.31. The smallest absolute Gasteiger partial charge is 0.123 e. The molecule has 3 aromatic rings. The van der Waals surface area contributed by atoms with Gasteiger partial charge in [0.15, 0.2) is 0 Å². The molecule has 0 saturated heterocycles. The first-order chi connectivity index (χ1) is 13.7. The molecule has 0 N–H and O–H groups in total. The van der Waals surface area contributed by atoms with E-state index in [9.17, 15) is 0 Å². The quantitative estimate of drug-likeness (QED) is 0.677. The second kappa shape index (κ2) is 7.71. The van der Waals surface area contributed by atoms with Crippen LogP contribution in [0.4, 0.5) is 5.69 Å². The standard InChI is InChI=1S/C23H22N4O/c1-3-18-5-4-6-21(13-18)26-16-28-15-22(17(26)2)23-11-12-25-27(23)20-9-7-19(14-24)8-10-20/h4-13H,3,15-16H2,1-2H3. The number of rotatable bonds is 4. The first-order valence-electron chi connectivity index (χ1n) is 9.40. The van der Waals surface area contributed by atoms with Gasteiger partial charge in [-0.2, -0.15) is 10.4 Å². The van der Waals surface area contributed by atoms with Crippen molar-refractivity contribution >= 4 is 11.3 Å². The molecule has 0 amide bonds. The summed E-state index contributed by atoms with van der Waals surface area (Å²) in [5, 5.41) is 13.5. The fraction of sp³-hybridized carbons (Fsp3) is 0.217. The molecule has 0 aliphatic carbocycles. The largest absolute Gasteiger partial charge is 0.356 e. The van der Waals surface area contributed by atoms with Crippen LogP contribution in [0.1, 0.15) is 30.7 Å². The average molecular weight is 370 g/mol. The van der Waals surface area contributed by atoms with E-state index in [0.717, 1.165) is 34.8 Å². The molecule has 0 fully saturated rings. The highest BCUT2D eigenvalue weighted by Crippen LogP contribution is 2.31. The summed E-state index contributed by atoms with van der Waals surface area (Å²) in [5.41, 5.74) is 7.27. The first-order valence-corrected chi connectivity index (χ1v) is 9.40. The van der Waals surface area contributed by atoms with Crippen LogP contribution < -0.4 is 4.90 Å². The molecule has 0 saturated carbocycles. The van der Waals surface area contributed by atoms with E-state index in [4.69, 9.17) is 10.00 Å². The van der Waals surface area contributed by atoms with E-state index in [-0.39, 0.29) is 0 Å². The van der Waals surface area contributed by atoms with E-state index in [2.05, 4.69) is 54.2 Å². The van der Waals surface area contributed by atoms with Gasteiger partial charge in [-0.1, -0.05) is 19.1 Å². The Balaban J connectivity index is 1.74. The van der Waals surface area contributed by atoms with E-state index in [1.807, 2.05) is 35.0 Å². The molecule has 0 radical (unpaired) electrons. The Hall–Kier alpha value is -3.36. The van der Waals surface area contributed by atoms with Gasteiger partial charge in [0.25, 0.3) is 0 Å². The van der Waals surface area contributed by atoms with Crippen molar-refractivity contribution in [1.82, 2.24) is 9.78 Å². The Morgan fingerprint density at radius 3 is 2.68 bits per heavy atom. The molecule has 140 valence electrons. The highest BCUT2D eigenvalue weighted by atomic mass is 16.5. The highest BCUT2D eigenvalue weighted by molar-refractivity contribution is 5.73. The number of nitriles is 1. The van der Waals surface area contributed by atoms with Crippen LogP contribution in [0.15, 0.2) is 66.5 Å². The molecule has 5 nitrogen and oxygen atoms in total. The van der Waals surface area contributed by atoms with Crippen molar-refractivity contribution in [1.29, 1.82) is 5.26 Å². The van der Waals surface area contributed by atoms with Gasteiger partial charge in [-0.25, -0.2) is 4.68 Å². The van der Waals surface area contributed by atoms with Crippen LogP contribution in [0.3, 0.4) is 0 Å². The summed E-state index contributed by atoms with van der Waals surface area (Å²) in [6.45, 7) is 5.37. The van der Waals surface area contributed by atoms with Crippen LogP contribution in [0.2, 0.25) is 0 Å². The van der Waals surface area contributed by atoms with Crippen molar-refractivity contribution in [3.63, 3.8) is 0 Å². The molecule has 0 unspecified atom stereocenters. The lowest BCUT2D eigenvalue weighted by molar-refractivity contribution is 0.162. The zero-order valence-corrected chi connectivity index (χ0v) is 16.1. The van der Waals surface area contributed by atoms with E-state index in [0.29, 0.717) is 18.9 Å². The Morgan fingerprint density at radius 1 is 1.11 bits per heavy atom. The molecule has 28 heavy (non-hydrogen) atoms. The lowest BCUT2D eigenvalue weighted by atomic mass is 10.1. The van der Waals surface area contributed by atoms with Crippen molar-refractivity contribution in [2.75, 3.05) is 18.2 Å². The summed E-state index contributed by atoms with van der Waals surface area (Å²) in [7, 11) is 0. The molecule has 1 aromatic heterocycles. The van der Waals surface area contributed by atoms with Crippen molar-refractivity contribution in [3.8, 4) is 11.8 Å². The fourth-order valence-corrected chi connectivity index (χ4v) is 3.49. The van der Waals surface area contributed by atoms with E-state index in [1.54, 1.807) is 6.20 Å². The average Bonchev–Trinajstić information content (AvgIpc) is 3.23. The molecule has 4 rings (SSSR count). The minimum Gasteiger partial charge on any atom is -0.356 e. The van der Waals surface area contributed by atoms with Crippen molar-refractivity contribution in [2.24, 2.45) is 0 Å². The van der Waals surface area contributed by atoms with Gasteiger partial charge >= 0.3 is 0 Å². The number of aryl methyl sites for hydroxylation is 1. The lowest BCUT2D eigenvalue weighted by Gasteiger charge is -2.32. The second-order valence-electron chi connectivity index (χ2n) is 6.78. The van der Waals surface area contributed by atoms with Gasteiger partial charge in [0.2, 0.25) is 0 Å². The highest BCUT2D eigenvalue weighted by Gasteiger charge is 2.22. The number of aromatic nitrogens is 2. The van der Waals surface area contributed by atoms with Gasteiger partial charge < -0.3 is 9.64 Å². The molecule has 2 heterocycles. The maximum absolute atomic E-state index is 9.03. The van der Waals surface area contributed by atoms with Crippen molar-refractivity contribution in [3.05, 3.63) is 83.3 Å². The van der Waals surface area contributed by atoms with Gasteiger partial charge in [-0.3, -0.25) is 0 Å². The van der Waals surface area contributed by atoms with Gasteiger partial charge in [-0.15, -0.1) is 0 Å². The molecule has 0 atom stereocenters.